The molecule has 1 saturated carbocycles. The number of amides is 2. The minimum absolute atomic E-state index is 0.0216. The number of aryl methyl sites for hydroxylation is 1. The van der Waals surface area contributed by atoms with Gasteiger partial charge in [-0.05, 0) is 87.6 Å². The van der Waals surface area contributed by atoms with E-state index in [4.69, 9.17) is 4.98 Å². The van der Waals surface area contributed by atoms with Crippen LogP contribution in [-0.2, 0) is 16.0 Å². The Morgan fingerprint density at radius 2 is 1.76 bits per heavy atom. The van der Waals surface area contributed by atoms with Crippen LogP contribution in [0, 0.1) is 5.92 Å². The van der Waals surface area contributed by atoms with Gasteiger partial charge in [-0.1, -0.05) is 49.6 Å². The molecule has 4 atom stereocenters. The number of hydrogen-bond acceptors (Lipinski definition) is 4. The third kappa shape index (κ3) is 5.59. The summed E-state index contributed by atoms with van der Waals surface area (Å²) in [6.45, 7) is 2.59. The summed E-state index contributed by atoms with van der Waals surface area (Å²) < 4.78 is 0. The molecule has 0 radical (unpaired) electrons. The average Bonchev–Trinajstić information content (AvgIpc) is 3.45. The maximum absolute atomic E-state index is 14.1. The largest absolute Gasteiger partial charge is 0.343 e. The van der Waals surface area contributed by atoms with E-state index < -0.39 is 6.04 Å². The van der Waals surface area contributed by atoms with Crippen molar-refractivity contribution >= 4 is 11.8 Å². The van der Waals surface area contributed by atoms with Crippen molar-refractivity contribution in [1.29, 1.82) is 0 Å². The molecule has 1 aromatic carbocycles. The van der Waals surface area contributed by atoms with Crippen molar-refractivity contribution in [2.24, 2.45) is 5.92 Å². The van der Waals surface area contributed by atoms with E-state index in [1.165, 1.54) is 23.2 Å². The van der Waals surface area contributed by atoms with Gasteiger partial charge in [-0.2, -0.15) is 0 Å². The highest BCUT2D eigenvalue weighted by molar-refractivity contribution is 5.90. The molecule has 3 aliphatic rings. The molecule has 6 nitrogen and oxygen atoms in total. The first-order valence-electron chi connectivity index (χ1n) is 14.4. The summed E-state index contributed by atoms with van der Waals surface area (Å²) >= 11 is 0. The quantitative estimate of drug-likeness (QED) is 0.566. The van der Waals surface area contributed by atoms with Crippen molar-refractivity contribution in [2.45, 2.75) is 95.2 Å². The SMILES string of the molecule is CNC(C)C(=O)N[C@H](C(=O)N1CCC[C@H]1c1cnc2c(c1)[C@H](c1ccccc1)CCC2)C1CCCCC1. The van der Waals surface area contributed by atoms with Crippen molar-refractivity contribution in [3.63, 3.8) is 0 Å². The van der Waals surface area contributed by atoms with Crippen LogP contribution in [0.1, 0.15) is 99.1 Å². The Morgan fingerprint density at radius 3 is 2.51 bits per heavy atom. The molecule has 2 aromatic rings. The van der Waals surface area contributed by atoms with Gasteiger partial charge in [-0.3, -0.25) is 14.6 Å². The summed E-state index contributed by atoms with van der Waals surface area (Å²) in [5, 5.41) is 6.17. The Bertz CT molecular complexity index is 1080. The van der Waals surface area contributed by atoms with Crippen LogP contribution in [0.4, 0.5) is 0 Å². The average molecular weight is 503 g/mol. The lowest BCUT2D eigenvalue weighted by molar-refractivity contribution is -0.139. The number of carbonyl (C=O) groups excluding carboxylic acids is 2. The van der Waals surface area contributed by atoms with E-state index in [2.05, 4.69) is 47.0 Å². The standard InChI is InChI=1S/C31H42N4O2/c1-21(32-2)30(36)34-29(23-13-7-4-8-14-23)31(37)35-18-10-17-28(35)24-19-26-25(22-11-5-3-6-12-22)15-9-16-27(26)33-20-24/h3,5-6,11-12,19-21,23,25,28-29,32H,4,7-10,13-18H2,1-2H3,(H,34,36)/t21?,25-,28-,29-/m0/s1. The number of nitrogens with zero attached hydrogens (tertiary/aromatic N) is 2. The third-order valence-electron chi connectivity index (χ3n) is 8.94. The molecular formula is C31H42N4O2. The molecule has 2 amide bonds. The first-order valence-corrected chi connectivity index (χ1v) is 14.4. The van der Waals surface area contributed by atoms with Crippen molar-refractivity contribution < 1.29 is 9.59 Å². The van der Waals surface area contributed by atoms with Crippen molar-refractivity contribution in [3.05, 3.63) is 65.0 Å². The molecule has 2 N–H and O–H groups in total. The molecule has 6 heteroatoms. The third-order valence-corrected chi connectivity index (χ3v) is 8.94. The first-order chi connectivity index (χ1) is 18.1. The van der Waals surface area contributed by atoms with Crippen LogP contribution in [0.5, 0.6) is 0 Å². The fourth-order valence-corrected chi connectivity index (χ4v) is 6.69. The van der Waals surface area contributed by atoms with Gasteiger partial charge in [-0.25, -0.2) is 0 Å². The van der Waals surface area contributed by atoms with Crippen LogP contribution in [0.2, 0.25) is 0 Å². The monoisotopic (exact) mass is 502 g/mol. The van der Waals surface area contributed by atoms with Crippen LogP contribution < -0.4 is 10.6 Å². The predicted octanol–water partition coefficient (Wildman–Crippen LogP) is 4.89. The first kappa shape index (κ1) is 25.9. The molecule has 37 heavy (non-hydrogen) atoms. The number of hydrogen-bond donors (Lipinski definition) is 2. The maximum atomic E-state index is 14.1. The summed E-state index contributed by atoms with van der Waals surface area (Å²) in [6.07, 6.45) is 12.7. The Hall–Kier alpha value is -2.73. The number of rotatable bonds is 7. The highest BCUT2D eigenvalue weighted by Crippen LogP contribution is 2.40. The van der Waals surface area contributed by atoms with Gasteiger partial charge in [0, 0.05) is 24.4 Å². The van der Waals surface area contributed by atoms with Gasteiger partial charge in [0.25, 0.3) is 0 Å². The number of fused-ring (bicyclic) bond motifs is 1. The number of likely N-dealkylation sites (tertiary alicyclic amines) is 1. The molecule has 1 unspecified atom stereocenters. The van der Waals surface area contributed by atoms with E-state index in [9.17, 15) is 9.59 Å². The molecule has 2 fully saturated rings. The van der Waals surface area contributed by atoms with Crippen molar-refractivity contribution in [3.8, 4) is 0 Å². The molecule has 1 saturated heterocycles. The lowest BCUT2D eigenvalue weighted by atomic mass is 9.80. The number of nitrogens with one attached hydrogen (secondary N) is 2. The lowest BCUT2D eigenvalue weighted by Crippen LogP contribution is -2.55. The number of carbonyl (C=O) groups is 2. The summed E-state index contributed by atoms with van der Waals surface area (Å²) in [7, 11) is 1.78. The van der Waals surface area contributed by atoms with Gasteiger partial charge in [0.2, 0.25) is 11.8 Å². The van der Waals surface area contributed by atoms with Crippen molar-refractivity contribution in [2.75, 3.05) is 13.6 Å². The fraction of sp³-hybridized carbons (Fsp3) is 0.581. The van der Waals surface area contributed by atoms with E-state index in [0.29, 0.717) is 5.92 Å². The zero-order valence-corrected chi connectivity index (χ0v) is 22.4. The van der Waals surface area contributed by atoms with Crippen LogP contribution >= 0.6 is 0 Å². The Labute approximate surface area is 221 Å². The Balaban J connectivity index is 1.41. The topological polar surface area (TPSA) is 74.3 Å². The molecule has 2 heterocycles. The zero-order valence-electron chi connectivity index (χ0n) is 22.4. The fourth-order valence-electron chi connectivity index (χ4n) is 6.69. The Kier molecular flexibility index (Phi) is 8.23. The zero-order chi connectivity index (χ0) is 25.8. The minimum Gasteiger partial charge on any atom is -0.343 e. The van der Waals surface area contributed by atoms with Gasteiger partial charge >= 0.3 is 0 Å². The van der Waals surface area contributed by atoms with E-state index in [1.807, 2.05) is 18.0 Å². The number of pyridine rings is 1. The number of benzene rings is 1. The van der Waals surface area contributed by atoms with Gasteiger partial charge < -0.3 is 15.5 Å². The summed E-state index contributed by atoms with van der Waals surface area (Å²) in [6, 6.07) is 12.3. The van der Waals surface area contributed by atoms with Crippen LogP contribution in [-0.4, -0.2) is 47.4 Å². The highest BCUT2D eigenvalue weighted by atomic mass is 16.2. The highest BCUT2D eigenvalue weighted by Gasteiger charge is 2.39. The second-order valence-electron chi connectivity index (χ2n) is 11.2. The molecule has 1 aliphatic heterocycles. The van der Waals surface area contributed by atoms with Crippen LogP contribution in [0.25, 0.3) is 0 Å². The lowest BCUT2D eigenvalue weighted by Gasteiger charge is -2.36. The predicted molar refractivity (Wildman–Crippen MR) is 146 cm³/mol. The second-order valence-corrected chi connectivity index (χ2v) is 11.2. The van der Waals surface area contributed by atoms with Gasteiger partial charge in [0.1, 0.15) is 6.04 Å². The minimum atomic E-state index is -0.452. The van der Waals surface area contributed by atoms with E-state index in [1.54, 1.807) is 7.05 Å². The molecule has 5 rings (SSSR count). The van der Waals surface area contributed by atoms with E-state index >= 15 is 0 Å². The van der Waals surface area contributed by atoms with E-state index in [-0.39, 0.29) is 29.8 Å². The van der Waals surface area contributed by atoms with E-state index in [0.717, 1.165) is 69.9 Å². The normalized spacial score (nSPS) is 23.8. The van der Waals surface area contributed by atoms with Crippen molar-refractivity contribution in [1.82, 2.24) is 20.5 Å². The summed E-state index contributed by atoms with van der Waals surface area (Å²) in [5.41, 5.74) is 5.02. The molecule has 0 spiro atoms. The maximum Gasteiger partial charge on any atom is 0.245 e. The molecule has 0 bridgehead atoms. The molecular weight excluding hydrogens is 460 g/mol. The smallest absolute Gasteiger partial charge is 0.245 e. The number of aromatic nitrogens is 1. The van der Waals surface area contributed by atoms with Crippen LogP contribution in [0.3, 0.4) is 0 Å². The van der Waals surface area contributed by atoms with Gasteiger partial charge in [0.15, 0.2) is 0 Å². The second kappa shape index (κ2) is 11.8. The molecule has 1 aromatic heterocycles. The molecule has 198 valence electrons. The number of likely N-dealkylation sites (N-methyl/N-ethyl adjacent to an activating group) is 1. The van der Waals surface area contributed by atoms with Gasteiger partial charge in [0.05, 0.1) is 12.1 Å². The Morgan fingerprint density at radius 1 is 0.973 bits per heavy atom. The summed E-state index contributed by atoms with van der Waals surface area (Å²) in [5.74, 6) is 0.562. The summed E-state index contributed by atoms with van der Waals surface area (Å²) in [4.78, 5) is 34.0. The molecule has 2 aliphatic carbocycles. The van der Waals surface area contributed by atoms with Gasteiger partial charge in [-0.15, -0.1) is 0 Å². The van der Waals surface area contributed by atoms with Crippen LogP contribution in [0.15, 0.2) is 42.6 Å².